The number of carbonyl (C=O) groups is 1. The van der Waals surface area contributed by atoms with Crippen molar-refractivity contribution in [2.24, 2.45) is 0 Å². The Balaban J connectivity index is 2.68. The molecule has 0 aromatic carbocycles. The SMILES string of the molecule is CCC1CCC(C)N1C(=O)N(C)CC. The first-order valence-electron chi connectivity index (χ1n) is 5.65. The van der Waals surface area contributed by atoms with Crippen LogP contribution in [0.15, 0.2) is 0 Å². The number of urea groups is 1. The van der Waals surface area contributed by atoms with Gasteiger partial charge in [-0.3, -0.25) is 0 Å². The Labute approximate surface area is 87.1 Å². The molecule has 3 nitrogen and oxygen atoms in total. The van der Waals surface area contributed by atoms with E-state index in [4.69, 9.17) is 0 Å². The summed E-state index contributed by atoms with van der Waals surface area (Å²) in [6.45, 7) is 7.12. The van der Waals surface area contributed by atoms with Crippen LogP contribution in [-0.4, -0.2) is 41.5 Å². The van der Waals surface area contributed by atoms with Crippen LogP contribution in [-0.2, 0) is 0 Å². The van der Waals surface area contributed by atoms with Gasteiger partial charge in [0.25, 0.3) is 0 Å². The van der Waals surface area contributed by atoms with Gasteiger partial charge in [-0.05, 0) is 33.1 Å². The molecular weight excluding hydrogens is 176 g/mol. The summed E-state index contributed by atoms with van der Waals surface area (Å²) >= 11 is 0. The van der Waals surface area contributed by atoms with Crippen molar-refractivity contribution >= 4 is 6.03 Å². The van der Waals surface area contributed by atoms with Crippen molar-refractivity contribution in [3.63, 3.8) is 0 Å². The molecule has 0 aromatic heterocycles. The highest BCUT2D eigenvalue weighted by molar-refractivity contribution is 5.75. The van der Waals surface area contributed by atoms with E-state index in [2.05, 4.69) is 18.7 Å². The summed E-state index contributed by atoms with van der Waals surface area (Å²) in [6, 6.07) is 1.08. The van der Waals surface area contributed by atoms with Crippen LogP contribution in [0.4, 0.5) is 4.79 Å². The number of hydrogen-bond donors (Lipinski definition) is 0. The van der Waals surface area contributed by atoms with Gasteiger partial charge in [0.2, 0.25) is 0 Å². The first-order valence-corrected chi connectivity index (χ1v) is 5.65. The molecule has 3 heteroatoms. The van der Waals surface area contributed by atoms with Crippen LogP contribution in [0.1, 0.15) is 40.0 Å². The Morgan fingerprint density at radius 2 is 2.07 bits per heavy atom. The molecule has 0 N–H and O–H groups in total. The highest BCUT2D eigenvalue weighted by Crippen LogP contribution is 2.26. The highest BCUT2D eigenvalue weighted by Gasteiger charge is 2.34. The molecule has 0 aromatic rings. The molecule has 0 saturated carbocycles. The van der Waals surface area contributed by atoms with Crippen molar-refractivity contribution in [1.82, 2.24) is 9.80 Å². The molecule has 1 aliphatic heterocycles. The number of hydrogen-bond acceptors (Lipinski definition) is 1. The van der Waals surface area contributed by atoms with Crippen LogP contribution in [0.5, 0.6) is 0 Å². The van der Waals surface area contributed by atoms with Crippen LogP contribution in [0.3, 0.4) is 0 Å². The van der Waals surface area contributed by atoms with E-state index in [0.29, 0.717) is 12.1 Å². The van der Waals surface area contributed by atoms with Gasteiger partial charge in [0.05, 0.1) is 0 Å². The largest absolute Gasteiger partial charge is 0.328 e. The summed E-state index contributed by atoms with van der Waals surface area (Å²) < 4.78 is 0. The minimum Gasteiger partial charge on any atom is -0.328 e. The number of nitrogens with zero attached hydrogens (tertiary/aromatic N) is 2. The summed E-state index contributed by atoms with van der Waals surface area (Å²) in [7, 11) is 1.88. The van der Waals surface area contributed by atoms with E-state index in [1.165, 1.54) is 6.42 Å². The summed E-state index contributed by atoms with van der Waals surface area (Å²) in [5, 5.41) is 0. The monoisotopic (exact) mass is 198 g/mol. The van der Waals surface area contributed by atoms with Crippen LogP contribution >= 0.6 is 0 Å². The van der Waals surface area contributed by atoms with Crippen molar-refractivity contribution < 1.29 is 4.79 Å². The third-order valence-corrected chi connectivity index (χ3v) is 3.28. The smallest absolute Gasteiger partial charge is 0.320 e. The molecule has 2 unspecified atom stereocenters. The molecule has 0 bridgehead atoms. The van der Waals surface area contributed by atoms with Crippen LogP contribution in [0, 0.1) is 0 Å². The van der Waals surface area contributed by atoms with Gasteiger partial charge in [-0.15, -0.1) is 0 Å². The van der Waals surface area contributed by atoms with E-state index in [-0.39, 0.29) is 6.03 Å². The fraction of sp³-hybridized carbons (Fsp3) is 0.909. The van der Waals surface area contributed by atoms with Gasteiger partial charge in [-0.2, -0.15) is 0 Å². The zero-order valence-electron chi connectivity index (χ0n) is 9.79. The maximum absolute atomic E-state index is 12.0. The predicted octanol–water partition coefficient (Wildman–Crippen LogP) is 2.32. The standard InChI is InChI=1S/C11H22N2O/c1-5-10-8-7-9(3)13(10)11(14)12(4)6-2/h9-10H,5-8H2,1-4H3. The second-order valence-electron chi connectivity index (χ2n) is 4.19. The summed E-state index contributed by atoms with van der Waals surface area (Å²) in [6.07, 6.45) is 3.40. The molecule has 1 fully saturated rings. The van der Waals surface area contributed by atoms with E-state index in [0.717, 1.165) is 19.4 Å². The van der Waals surface area contributed by atoms with Crippen molar-refractivity contribution in [1.29, 1.82) is 0 Å². The van der Waals surface area contributed by atoms with E-state index in [9.17, 15) is 4.79 Å². The van der Waals surface area contributed by atoms with Gasteiger partial charge < -0.3 is 9.80 Å². The molecule has 14 heavy (non-hydrogen) atoms. The van der Waals surface area contributed by atoms with Gasteiger partial charge in [-0.25, -0.2) is 4.79 Å². The van der Waals surface area contributed by atoms with Gasteiger partial charge >= 0.3 is 6.03 Å². The second kappa shape index (κ2) is 4.67. The third kappa shape index (κ3) is 2.02. The summed E-state index contributed by atoms with van der Waals surface area (Å²) in [4.78, 5) is 15.9. The van der Waals surface area contributed by atoms with Crippen molar-refractivity contribution in [2.45, 2.75) is 52.1 Å². The highest BCUT2D eigenvalue weighted by atomic mass is 16.2. The molecule has 0 aliphatic carbocycles. The molecule has 0 spiro atoms. The van der Waals surface area contributed by atoms with E-state index < -0.39 is 0 Å². The molecule has 2 atom stereocenters. The van der Waals surface area contributed by atoms with Crippen molar-refractivity contribution in [2.75, 3.05) is 13.6 Å². The Morgan fingerprint density at radius 1 is 1.43 bits per heavy atom. The minimum absolute atomic E-state index is 0.198. The quantitative estimate of drug-likeness (QED) is 0.668. The molecule has 2 amide bonds. The minimum atomic E-state index is 0.198. The predicted molar refractivity (Wildman–Crippen MR) is 58.3 cm³/mol. The van der Waals surface area contributed by atoms with Crippen LogP contribution in [0.2, 0.25) is 0 Å². The molecule has 1 rings (SSSR count). The molecular formula is C11H22N2O. The van der Waals surface area contributed by atoms with Crippen LogP contribution < -0.4 is 0 Å². The molecule has 1 aliphatic rings. The van der Waals surface area contributed by atoms with Gasteiger partial charge in [-0.1, -0.05) is 6.92 Å². The molecule has 0 radical (unpaired) electrons. The topological polar surface area (TPSA) is 23.6 Å². The average Bonchev–Trinajstić information content (AvgIpc) is 2.57. The number of amides is 2. The van der Waals surface area contributed by atoms with Crippen molar-refractivity contribution in [3.05, 3.63) is 0 Å². The summed E-state index contributed by atoms with van der Waals surface area (Å²) in [5.41, 5.74) is 0. The maximum Gasteiger partial charge on any atom is 0.320 e. The lowest BCUT2D eigenvalue weighted by atomic mass is 10.2. The lowest BCUT2D eigenvalue weighted by Gasteiger charge is -2.31. The normalized spacial score (nSPS) is 26.7. The Hall–Kier alpha value is -0.730. The van der Waals surface area contributed by atoms with E-state index in [1.807, 2.05) is 14.0 Å². The van der Waals surface area contributed by atoms with Crippen molar-refractivity contribution in [3.8, 4) is 0 Å². The number of likely N-dealkylation sites (tertiary alicyclic amines) is 1. The molecule has 1 saturated heterocycles. The fourth-order valence-corrected chi connectivity index (χ4v) is 2.15. The number of carbonyl (C=O) groups excluding carboxylic acids is 1. The lowest BCUT2D eigenvalue weighted by Crippen LogP contribution is -2.46. The first-order chi connectivity index (χ1) is 6.61. The van der Waals surface area contributed by atoms with Gasteiger partial charge in [0.1, 0.15) is 0 Å². The van der Waals surface area contributed by atoms with Crippen LogP contribution in [0.25, 0.3) is 0 Å². The molecule has 82 valence electrons. The van der Waals surface area contributed by atoms with Gasteiger partial charge in [0.15, 0.2) is 0 Å². The first kappa shape index (κ1) is 11.3. The fourth-order valence-electron chi connectivity index (χ4n) is 2.15. The Kier molecular flexibility index (Phi) is 3.78. The van der Waals surface area contributed by atoms with E-state index in [1.54, 1.807) is 4.90 Å². The third-order valence-electron chi connectivity index (χ3n) is 3.28. The second-order valence-corrected chi connectivity index (χ2v) is 4.19. The Bertz CT molecular complexity index is 205. The maximum atomic E-state index is 12.0. The zero-order chi connectivity index (χ0) is 10.7. The zero-order valence-corrected chi connectivity index (χ0v) is 9.79. The van der Waals surface area contributed by atoms with Gasteiger partial charge in [0, 0.05) is 25.7 Å². The Morgan fingerprint density at radius 3 is 2.57 bits per heavy atom. The average molecular weight is 198 g/mol. The lowest BCUT2D eigenvalue weighted by molar-refractivity contribution is 0.143. The number of rotatable bonds is 2. The summed E-state index contributed by atoms with van der Waals surface area (Å²) in [5.74, 6) is 0. The molecule has 1 heterocycles. The van der Waals surface area contributed by atoms with E-state index >= 15 is 0 Å².